The summed E-state index contributed by atoms with van der Waals surface area (Å²) in [5.41, 5.74) is 3.75. The van der Waals surface area contributed by atoms with E-state index in [0.29, 0.717) is 0 Å². The number of hydrogen-bond acceptors (Lipinski definition) is 1. The molecule has 1 nitrogen and oxygen atoms in total. The Hall–Kier alpha value is -2.93. The van der Waals surface area contributed by atoms with E-state index in [1.54, 1.807) is 0 Å². The summed E-state index contributed by atoms with van der Waals surface area (Å²) in [6, 6.07) is 24.8. The number of carbonyl (C=O) groups excluding carboxylic acids is 1. The Kier molecular flexibility index (Phi) is 2.15. The molecule has 1 aliphatic rings. The fraction of sp³-hybridized carbons (Fsp3) is 0. The monoisotopic (exact) mass is 280 g/mol. The molecule has 0 saturated carbocycles. The zero-order chi connectivity index (χ0) is 14.7. The third-order valence-corrected chi connectivity index (χ3v) is 4.55. The lowest BCUT2D eigenvalue weighted by atomic mass is 9.97. The maximum atomic E-state index is 12.6. The first-order valence-corrected chi connectivity index (χ1v) is 7.42. The van der Waals surface area contributed by atoms with Crippen LogP contribution in [0.15, 0.2) is 72.8 Å². The van der Waals surface area contributed by atoms with Crippen molar-refractivity contribution < 1.29 is 4.79 Å². The SMILES string of the molecule is O=C1c2ccccc2-c2cc3cc4ccccc4cc3cc21. The zero-order valence-corrected chi connectivity index (χ0v) is 11.8. The maximum absolute atomic E-state index is 12.6. The van der Waals surface area contributed by atoms with E-state index in [-0.39, 0.29) is 5.78 Å². The molecule has 1 heteroatoms. The van der Waals surface area contributed by atoms with E-state index in [2.05, 4.69) is 36.4 Å². The maximum Gasteiger partial charge on any atom is 0.194 e. The van der Waals surface area contributed by atoms with Crippen LogP contribution in [0, 0.1) is 0 Å². The second kappa shape index (κ2) is 4.05. The van der Waals surface area contributed by atoms with Gasteiger partial charge < -0.3 is 0 Å². The second-order valence-corrected chi connectivity index (χ2v) is 5.82. The van der Waals surface area contributed by atoms with Crippen molar-refractivity contribution in [1.82, 2.24) is 0 Å². The van der Waals surface area contributed by atoms with Crippen LogP contribution in [0.25, 0.3) is 32.7 Å². The molecule has 0 bridgehead atoms. The zero-order valence-electron chi connectivity index (χ0n) is 11.8. The van der Waals surface area contributed by atoms with E-state index >= 15 is 0 Å². The molecule has 0 N–H and O–H groups in total. The Balaban J connectivity index is 1.90. The molecular weight excluding hydrogens is 268 g/mol. The molecule has 0 atom stereocenters. The molecule has 0 radical (unpaired) electrons. The summed E-state index contributed by atoms with van der Waals surface area (Å²) in [4.78, 5) is 12.6. The molecule has 0 unspecified atom stereocenters. The normalized spacial score (nSPS) is 12.6. The summed E-state index contributed by atoms with van der Waals surface area (Å²) in [7, 11) is 0. The number of carbonyl (C=O) groups is 1. The van der Waals surface area contributed by atoms with Crippen molar-refractivity contribution in [2.45, 2.75) is 0 Å². The molecule has 0 amide bonds. The predicted molar refractivity (Wildman–Crippen MR) is 90.3 cm³/mol. The first kappa shape index (κ1) is 11.7. The Morgan fingerprint density at radius 2 is 1.00 bits per heavy atom. The van der Waals surface area contributed by atoms with Crippen LogP contribution in [0.4, 0.5) is 0 Å². The molecule has 0 aliphatic heterocycles. The minimum absolute atomic E-state index is 0.139. The molecule has 0 fully saturated rings. The van der Waals surface area contributed by atoms with Gasteiger partial charge in [0, 0.05) is 11.1 Å². The van der Waals surface area contributed by atoms with Crippen molar-refractivity contribution in [3.63, 3.8) is 0 Å². The van der Waals surface area contributed by atoms with Gasteiger partial charge in [0.25, 0.3) is 0 Å². The summed E-state index contributed by atoms with van der Waals surface area (Å²) in [5, 5.41) is 4.74. The van der Waals surface area contributed by atoms with Gasteiger partial charge in [-0.15, -0.1) is 0 Å². The van der Waals surface area contributed by atoms with Crippen molar-refractivity contribution in [2.24, 2.45) is 0 Å². The molecule has 4 aromatic carbocycles. The van der Waals surface area contributed by atoms with Crippen LogP contribution in [-0.4, -0.2) is 5.78 Å². The predicted octanol–water partition coefficient (Wildman–Crippen LogP) is 5.20. The highest BCUT2D eigenvalue weighted by molar-refractivity contribution is 6.23. The summed E-state index contributed by atoms with van der Waals surface area (Å²) < 4.78 is 0. The molecule has 22 heavy (non-hydrogen) atoms. The van der Waals surface area contributed by atoms with Gasteiger partial charge in [-0.3, -0.25) is 4.79 Å². The number of fused-ring (bicyclic) bond motifs is 5. The highest BCUT2D eigenvalue weighted by Crippen LogP contribution is 2.39. The van der Waals surface area contributed by atoms with Gasteiger partial charge in [-0.05, 0) is 56.9 Å². The number of ketones is 1. The van der Waals surface area contributed by atoms with Crippen molar-refractivity contribution in [1.29, 1.82) is 0 Å². The average Bonchev–Trinajstić information content (AvgIpc) is 2.84. The Labute approximate surface area is 127 Å². The molecule has 0 heterocycles. The minimum atomic E-state index is 0.139. The third kappa shape index (κ3) is 1.45. The lowest BCUT2D eigenvalue weighted by Crippen LogP contribution is -1.94. The van der Waals surface area contributed by atoms with Gasteiger partial charge in [0.15, 0.2) is 5.78 Å². The minimum Gasteiger partial charge on any atom is -0.289 e. The second-order valence-electron chi connectivity index (χ2n) is 5.82. The van der Waals surface area contributed by atoms with Crippen molar-refractivity contribution in [3.05, 3.63) is 83.9 Å². The van der Waals surface area contributed by atoms with Crippen LogP contribution in [0.5, 0.6) is 0 Å². The van der Waals surface area contributed by atoms with E-state index in [1.165, 1.54) is 16.2 Å². The lowest BCUT2D eigenvalue weighted by molar-refractivity contribution is 0.104. The van der Waals surface area contributed by atoms with E-state index in [4.69, 9.17) is 0 Å². The highest BCUT2D eigenvalue weighted by atomic mass is 16.1. The van der Waals surface area contributed by atoms with Crippen LogP contribution in [0.2, 0.25) is 0 Å². The largest absolute Gasteiger partial charge is 0.289 e. The van der Waals surface area contributed by atoms with Crippen LogP contribution in [0.1, 0.15) is 15.9 Å². The molecule has 1 aliphatic carbocycles. The summed E-state index contributed by atoms with van der Waals surface area (Å²) in [6.07, 6.45) is 0. The standard InChI is InChI=1S/C21H12O/c22-21-18-8-4-3-7-17(18)19-11-15-9-13-5-1-2-6-14(13)10-16(15)12-20(19)21/h1-12H. The van der Waals surface area contributed by atoms with Gasteiger partial charge in [-0.25, -0.2) is 0 Å². The van der Waals surface area contributed by atoms with Gasteiger partial charge >= 0.3 is 0 Å². The molecule has 0 saturated heterocycles. The van der Waals surface area contributed by atoms with Gasteiger partial charge in [0.1, 0.15) is 0 Å². The van der Waals surface area contributed by atoms with E-state index < -0.39 is 0 Å². The van der Waals surface area contributed by atoms with Crippen LogP contribution in [0.3, 0.4) is 0 Å². The topological polar surface area (TPSA) is 17.1 Å². The third-order valence-electron chi connectivity index (χ3n) is 4.55. The van der Waals surface area contributed by atoms with E-state index in [0.717, 1.165) is 27.6 Å². The molecular formula is C21H12O. The smallest absolute Gasteiger partial charge is 0.194 e. The Bertz CT molecular complexity index is 1090. The van der Waals surface area contributed by atoms with Crippen molar-refractivity contribution in [2.75, 3.05) is 0 Å². The van der Waals surface area contributed by atoms with Crippen LogP contribution < -0.4 is 0 Å². The first-order valence-electron chi connectivity index (χ1n) is 7.42. The molecule has 0 spiro atoms. The first-order chi connectivity index (χ1) is 10.8. The molecule has 4 aromatic rings. The van der Waals surface area contributed by atoms with E-state index in [9.17, 15) is 4.79 Å². The summed E-state index contributed by atoms with van der Waals surface area (Å²) in [5.74, 6) is 0.139. The van der Waals surface area contributed by atoms with Crippen molar-refractivity contribution >= 4 is 27.3 Å². The fourth-order valence-electron chi connectivity index (χ4n) is 3.46. The van der Waals surface area contributed by atoms with Crippen LogP contribution >= 0.6 is 0 Å². The summed E-state index contributed by atoms with van der Waals surface area (Å²) in [6.45, 7) is 0. The number of hydrogen-bond donors (Lipinski definition) is 0. The Morgan fingerprint density at radius 1 is 0.455 bits per heavy atom. The van der Waals surface area contributed by atoms with Gasteiger partial charge in [0.2, 0.25) is 0 Å². The van der Waals surface area contributed by atoms with E-state index in [1.807, 2.05) is 36.4 Å². The van der Waals surface area contributed by atoms with Gasteiger partial charge in [0.05, 0.1) is 0 Å². The molecule has 5 rings (SSSR count). The van der Waals surface area contributed by atoms with Gasteiger partial charge in [-0.1, -0.05) is 48.5 Å². The number of rotatable bonds is 0. The molecule has 102 valence electrons. The highest BCUT2D eigenvalue weighted by Gasteiger charge is 2.26. The fourth-order valence-corrected chi connectivity index (χ4v) is 3.46. The quantitative estimate of drug-likeness (QED) is 0.356. The number of benzene rings is 4. The summed E-state index contributed by atoms with van der Waals surface area (Å²) >= 11 is 0. The molecule has 0 aromatic heterocycles. The lowest BCUT2D eigenvalue weighted by Gasteiger charge is -2.06. The van der Waals surface area contributed by atoms with Crippen molar-refractivity contribution in [3.8, 4) is 11.1 Å². The average molecular weight is 280 g/mol. The van der Waals surface area contributed by atoms with Crippen LogP contribution in [-0.2, 0) is 0 Å². The Morgan fingerprint density at radius 3 is 1.68 bits per heavy atom. The van der Waals surface area contributed by atoms with Gasteiger partial charge in [-0.2, -0.15) is 0 Å².